The van der Waals surface area contributed by atoms with Gasteiger partial charge in [0.05, 0.1) is 10.6 Å². The Labute approximate surface area is 159 Å². The Morgan fingerprint density at radius 3 is 2.67 bits per heavy atom. The minimum atomic E-state index is -0.453. The van der Waals surface area contributed by atoms with Crippen LogP contribution in [0.4, 0.5) is 11.4 Å². The molecule has 27 heavy (non-hydrogen) atoms. The molecule has 2 aromatic carbocycles. The van der Waals surface area contributed by atoms with Crippen LogP contribution in [0.1, 0.15) is 42.0 Å². The average molecular weight is 367 g/mol. The molecule has 0 bridgehead atoms. The quantitative estimate of drug-likeness (QED) is 0.607. The molecule has 6 heteroatoms. The smallest absolute Gasteiger partial charge is 0.271 e. The number of nitro groups is 1. The Hall–Kier alpha value is -2.73. The first-order valence-electron chi connectivity index (χ1n) is 9.29. The van der Waals surface area contributed by atoms with Crippen molar-refractivity contribution < 1.29 is 9.72 Å². The molecule has 1 heterocycles. The number of anilines is 1. The first-order chi connectivity index (χ1) is 12.9. The molecule has 1 fully saturated rings. The number of benzene rings is 2. The monoisotopic (exact) mass is 367 g/mol. The fourth-order valence-corrected chi connectivity index (χ4v) is 3.58. The molecule has 142 valence electrons. The lowest BCUT2D eigenvalue weighted by Crippen LogP contribution is -2.27. The minimum absolute atomic E-state index is 0.0186. The van der Waals surface area contributed by atoms with Crippen LogP contribution in [0.15, 0.2) is 42.5 Å². The van der Waals surface area contributed by atoms with Crippen molar-refractivity contribution in [3.8, 4) is 0 Å². The van der Waals surface area contributed by atoms with E-state index >= 15 is 0 Å². The van der Waals surface area contributed by atoms with Gasteiger partial charge in [-0.15, -0.1) is 0 Å². The van der Waals surface area contributed by atoms with E-state index < -0.39 is 4.92 Å². The first kappa shape index (κ1) is 19.0. The number of nitrogens with zero attached hydrogens (tertiary/aromatic N) is 2. The van der Waals surface area contributed by atoms with Crippen LogP contribution < -0.4 is 5.32 Å². The van der Waals surface area contributed by atoms with Gasteiger partial charge in [-0.25, -0.2) is 0 Å². The van der Waals surface area contributed by atoms with Crippen molar-refractivity contribution in [2.45, 2.75) is 39.2 Å². The average Bonchev–Trinajstić information content (AvgIpc) is 3.11. The number of aryl methyl sites for hydroxylation is 2. The highest BCUT2D eigenvalue weighted by atomic mass is 16.6. The number of hydrogen-bond donors (Lipinski definition) is 1. The first-order valence-corrected chi connectivity index (χ1v) is 9.29. The summed E-state index contributed by atoms with van der Waals surface area (Å²) in [6, 6.07) is 13.5. The number of carbonyl (C=O) groups excluding carboxylic acids is 1. The molecule has 1 saturated heterocycles. The van der Waals surface area contributed by atoms with Crippen molar-refractivity contribution in [2.24, 2.45) is 0 Å². The van der Waals surface area contributed by atoms with Crippen molar-refractivity contribution in [3.05, 3.63) is 69.3 Å². The molecule has 1 amide bonds. The SMILES string of the molecule is Cc1ccc(C2CCCN2CCC(=O)Nc2cc([N+](=O)[O-])ccc2C)cc1. The van der Waals surface area contributed by atoms with Crippen LogP contribution in [0.2, 0.25) is 0 Å². The molecule has 0 aromatic heterocycles. The standard InChI is InChI=1S/C21H25N3O3/c1-15-5-8-17(9-6-15)20-4-3-12-23(20)13-11-21(25)22-19-14-18(24(26)27)10-7-16(19)2/h5-10,14,20H,3-4,11-13H2,1-2H3,(H,22,25). The van der Waals surface area contributed by atoms with Gasteiger partial charge in [0.15, 0.2) is 0 Å². The molecule has 1 N–H and O–H groups in total. The molecule has 0 saturated carbocycles. The highest BCUT2D eigenvalue weighted by molar-refractivity contribution is 5.92. The van der Waals surface area contributed by atoms with Gasteiger partial charge in [-0.3, -0.25) is 19.8 Å². The molecule has 0 radical (unpaired) electrons. The van der Waals surface area contributed by atoms with Crippen molar-refractivity contribution in [1.82, 2.24) is 4.90 Å². The van der Waals surface area contributed by atoms with Crippen molar-refractivity contribution in [2.75, 3.05) is 18.4 Å². The van der Waals surface area contributed by atoms with Gasteiger partial charge in [0.25, 0.3) is 5.69 Å². The summed E-state index contributed by atoms with van der Waals surface area (Å²) in [4.78, 5) is 25.2. The van der Waals surface area contributed by atoms with E-state index in [2.05, 4.69) is 41.4 Å². The molecule has 0 spiro atoms. The van der Waals surface area contributed by atoms with Gasteiger partial charge in [0.2, 0.25) is 5.91 Å². The Kier molecular flexibility index (Phi) is 5.86. The van der Waals surface area contributed by atoms with E-state index in [1.807, 2.05) is 6.92 Å². The number of likely N-dealkylation sites (tertiary alicyclic amines) is 1. The van der Waals surface area contributed by atoms with Crippen molar-refractivity contribution in [1.29, 1.82) is 0 Å². The molecule has 1 unspecified atom stereocenters. The van der Waals surface area contributed by atoms with E-state index in [0.29, 0.717) is 24.7 Å². The molecular formula is C21H25N3O3. The second-order valence-corrected chi connectivity index (χ2v) is 7.16. The zero-order valence-corrected chi connectivity index (χ0v) is 15.8. The number of nitro benzene ring substituents is 1. The zero-order valence-electron chi connectivity index (χ0n) is 15.8. The van der Waals surface area contributed by atoms with Crippen LogP contribution in [0.5, 0.6) is 0 Å². The molecule has 3 rings (SSSR count). The lowest BCUT2D eigenvalue weighted by molar-refractivity contribution is -0.384. The van der Waals surface area contributed by atoms with Crippen LogP contribution in [0, 0.1) is 24.0 Å². The predicted octanol–water partition coefficient (Wildman–Crippen LogP) is 4.38. The number of nitrogens with one attached hydrogen (secondary N) is 1. The van der Waals surface area contributed by atoms with E-state index in [0.717, 1.165) is 24.9 Å². The van der Waals surface area contributed by atoms with Crippen molar-refractivity contribution in [3.63, 3.8) is 0 Å². The second kappa shape index (κ2) is 8.31. The topological polar surface area (TPSA) is 75.5 Å². The van der Waals surface area contributed by atoms with E-state index in [-0.39, 0.29) is 11.6 Å². The second-order valence-electron chi connectivity index (χ2n) is 7.16. The summed E-state index contributed by atoms with van der Waals surface area (Å²) >= 11 is 0. The lowest BCUT2D eigenvalue weighted by atomic mass is 10.0. The van der Waals surface area contributed by atoms with Crippen molar-refractivity contribution >= 4 is 17.3 Å². The minimum Gasteiger partial charge on any atom is -0.326 e. The Morgan fingerprint density at radius 1 is 1.22 bits per heavy atom. The summed E-state index contributed by atoms with van der Waals surface area (Å²) in [5, 5.41) is 13.7. The Morgan fingerprint density at radius 2 is 1.96 bits per heavy atom. The zero-order chi connectivity index (χ0) is 19.4. The fraction of sp³-hybridized carbons (Fsp3) is 0.381. The summed E-state index contributed by atoms with van der Waals surface area (Å²) in [5.74, 6) is -0.117. The normalized spacial score (nSPS) is 17.0. The van der Waals surface area contributed by atoms with Crippen LogP contribution in [-0.2, 0) is 4.79 Å². The molecule has 0 aliphatic carbocycles. The van der Waals surface area contributed by atoms with Gasteiger partial charge < -0.3 is 5.32 Å². The molecule has 6 nitrogen and oxygen atoms in total. The number of rotatable bonds is 6. The van der Waals surface area contributed by atoms with Crippen LogP contribution in [0.3, 0.4) is 0 Å². The summed E-state index contributed by atoms with van der Waals surface area (Å²) in [7, 11) is 0. The van der Waals surface area contributed by atoms with Gasteiger partial charge >= 0.3 is 0 Å². The number of non-ortho nitro benzene ring substituents is 1. The highest BCUT2D eigenvalue weighted by Crippen LogP contribution is 2.32. The largest absolute Gasteiger partial charge is 0.326 e. The summed E-state index contributed by atoms with van der Waals surface area (Å²) in [5.41, 5.74) is 3.84. The summed E-state index contributed by atoms with van der Waals surface area (Å²) < 4.78 is 0. The number of amides is 1. The third kappa shape index (κ3) is 4.71. The van der Waals surface area contributed by atoms with Gasteiger partial charge in [-0.1, -0.05) is 35.9 Å². The molecule has 1 aliphatic heterocycles. The maximum atomic E-state index is 12.4. The maximum absolute atomic E-state index is 12.4. The van der Waals surface area contributed by atoms with E-state index in [4.69, 9.17) is 0 Å². The lowest BCUT2D eigenvalue weighted by Gasteiger charge is -2.24. The molecule has 2 aromatic rings. The molecular weight excluding hydrogens is 342 g/mol. The third-order valence-electron chi connectivity index (χ3n) is 5.16. The van der Waals surface area contributed by atoms with E-state index in [9.17, 15) is 14.9 Å². The summed E-state index contributed by atoms with van der Waals surface area (Å²) in [6.45, 7) is 5.57. The molecule has 1 aliphatic rings. The Balaban J connectivity index is 1.59. The van der Waals surface area contributed by atoms with E-state index in [1.54, 1.807) is 6.07 Å². The predicted molar refractivity (Wildman–Crippen MR) is 106 cm³/mol. The van der Waals surface area contributed by atoms with Gasteiger partial charge in [-0.05, 0) is 44.4 Å². The maximum Gasteiger partial charge on any atom is 0.271 e. The highest BCUT2D eigenvalue weighted by Gasteiger charge is 2.26. The summed E-state index contributed by atoms with van der Waals surface area (Å²) in [6.07, 6.45) is 2.60. The number of hydrogen-bond acceptors (Lipinski definition) is 4. The third-order valence-corrected chi connectivity index (χ3v) is 5.16. The van der Waals surface area contributed by atoms with E-state index in [1.165, 1.54) is 23.3 Å². The molecule has 1 atom stereocenters. The van der Waals surface area contributed by atoms with Crippen LogP contribution in [0.25, 0.3) is 0 Å². The van der Waals surface area contributed by atoms with Gasteiger partial charge in [0.1, 0.15) is 0 Å². The van der Waals surface area contributed by atoms with Crippen LogP contribution >= 0.6 is 0 Å². The number of carbonyl (C=O) groups is 1. The van der Waals surface area contributed by atoms with Crippen LogP contribution in [-0.4, -0.2) is 28.8 Å². The fourth-order valence-electron chi connectivity index (χ4n) is 3.58. The Bertz CT molecular complexity index is 833. The van der Waals surface area contributed by atoms with Gasteiger partial charge in [0, 0.05) is 31.1 Å². The van der Waals surface area contributed by atoms with Gasteiger partial charge in [-0.2, -0.15) is 0 Å².